The molecule has 1 unspecified atom stereocenters. The number of aliphatic carboxylic acids is 1. The maximum Gasteiger partial charge on any atom is 0.323 e. The van der Waals surface area contributed by atoms with Gasteiger partial charge in [-0.1, -0.05) is 0 Å². The van der Waals surface area contributed by atoms with Crippen LogP contribution >= 0.6 is 11.3 Å². The van der Waals surface area contributed by atoms with Gasteiger partial charge >= 0.3 is 12.0 Å². The lowest BCUT2D eigenvalue weighted by Crippen LogP contribution is -2.37. The lowest BCUT2D eigenvalue weighted by Gasteiger charge is -2.19. The Bertz CT molecular complexity index is 555. The molecule has 2 N–H and O–H groups in total. The van der Waals surface area contributed by atoms with Crippen LogP contribution in [-0.4, -0.2) is 40.1 Å². The molecule has 1 saturated carbocycles. The van der Waals surface area contributed by atoms with Crippen molar-refractivity contribution in [2.24, 2.45) is 5.41 Å². The molecule has 0 radical (unpaired) electrons. The van der Waals surface area contributed by atoms with E-state index in [-0.39, 0.29) is 12.6 Å². The minimum atomic E-state index is -0.849. The Balaban J connectivity index is 1.60. The number of carboxylic acids is 1. The lowest BCUT2D eigenvalue weighted by atomic mass is 9.90. The molecule has 1 saturated heterocycles. The van der Waals surface area contributed by atoms with Gasteiger partial charge in [-0.15, -0.1) is 11.3 Å². The number of thiazole rings is 1. The fourth-order valence-corrected chi connectivity index (χ4v) is 3.17. The summed E-state index contributed by atoms with van der Waals surface area (Å²) in [5.41, 5.74) is 0.224. The number of carboxylic acid groups (broad SMARTS) is 1. The van der Waals surface area contributed by atoms with Crippen LogP contribution in [0.1, 0.15) is 37.8 Å². The zero-order valence-electron chi connectivity index (χ0n) is 11.3. The maximum absolute atomic E-state index is 12.1. The van der Waals surface area contributed by atoms with Crippen LogP contribution in [0.3, 0.4) is 0 Å². The molecule has 3 rings (SSSR count). The molecule has 2 amide bonds. The van der Waals surface area contributed by atoms with Gasteiger partial charge in [0, 0.05) is 24.4 Å². The van der Waals surface area contributed by atoms with Gasteiger partial charge in [-0.2, -0.15) is 0 Å². The molecule has 0 spiro atoms. The third-order valence-electron chi connectivity index (χ3n) is 4.01. The Labute approximate surface area is 120 Å². The zero-order chi connectivity index (χ0) is 14.3. The molecule has 20 heavy (non-hydrogen) atoms. The maximum atomic E-state index is 12.1. The summed E-state index contributed by atoms with van der Waals surface area (Å²) in [4.78, 5) is 29.2. The Hall–Kier alpha value is -1.63. The Kier molecular flexibility index (Phi) is 3.16. The summed E-state index contributed by atoms with van der Waals surface area (Å²) in [5, 5.41) is 14.5. The molecule has 1 aliphatic carbocycles. The monoisotopic (exact) mass is 295 g/mol. The standard InChI is InChI=1S/C13H17N3O3S/c1-13(10(17)18)4-5-16(7-13)12(19)15-11-14-9(6-20-11)8-2-3-8/h6,8H,2-5,7H2,1H3,(H,17,18)(H,14,15,19). The van der Waals surface area contributed by atoms with E-state index in [0.717, 1.165) is 5.69 Å². The quantitative estimate of drug-likeness (QED) is 0.896. The molecule has 7 heteroatoms. The van der Waals surface area contributed by atoms with Crippen molar-refractivity contribution in [3.63, 3.8) is 0 Å². The molecule has 1 aromatic rings. The number of carbonyl (C=O) groups excluding carboxylic acids is 1. The molecule has 0 bridgehead atoms. The van der Waals surface area contributed by atoms with Crippen molar-refractivity contribution in [1.82, 2.24) is 9.88 Å². The molecular weight excluding hydrogens is 278 g/mol. The number of hydrogen-bond donors (Lipinski definition) is 2. The molecule has 108 valence electrons. The van der Waals surface area contributed by atoms with Crippen LogP contribution in [0.5, 0.6) is 0 Å². The summed E-state index contributed by atoms with van der Waals surface area (Å²) < 4.78 is 0. The van der Waals surface area contributed by atoms with Crippen LogP contribution in [0.15, 0.2) is 5.38 Å². The molecule has 1 aromatic heterocycles. The SMILES string of the molecule is CC1(C(=O)O)CCN(C(=O)Nc2nc(C3CC3)cs2)C1. The largest absolute Gasteiger partial charge is 0.481 e. The van der Waals surface area contributed by atoms with Crippen LogP contribution in [0, 0.1) is 5.41 Å². The average Bonchev–Trinajstić information content (AvgIpc) is 3.01. The molecule has 1 aliphatic heterocycles. The number of nitrogens with zero attached hydrogens (tertiary/aromatic N) is 2. The summed E-state index contributed by atoms with van der Waals surface area (Å²) in [6, 6.07) is -0.258. The van der Waals surface area contributed by atoms with Crippen molar-refractivity contribution in [1.29, 1.82) is 0 Å². The number of nitrogens with one attached hydrogen (secondary N) is 1. The predicted molar refractivity (Wildman–Crippen MR) is 75.0 cm³/mol. The molecular formula is C13H17N3O3S. The fraction of sp³-hybridized carbons (Fsp3) is 0.615. The number of carbonyl (C=O) groups is 2. The van der Waals surface area contributed by atoms with Gasteiger partial charge in [0.2, 0.25) is 0 Å². The number of likely N-dealkylation sites (tertiary alicyclic amines) is 1. The fourth-order valence-electron chi connectivity index (χ4n) is 2.39. The van der Waals surface area contributed by atoms with E-state index in [9.17, 15) is 9.59 Å². The summed E-state index contributed by atoms with van der Waals surface area (Å²) in [5.74, 6) is -0.281. The Morgan fingerprint density at radius 2 is 2.30 bits per heavy atom. The summed E-state index contributed by atoms with van der Waals surface area (Å²) in [7, 11) is 0. The molecule has 1 atom stereocenters. The first-order valence-electron chi connectivity index (χ1n) is 6.73. The van der Waals surface area contributed by atoms with Crippen molar-refractivity contribution in [2.75, 3.05) is 18.4 Å². The first kappa shape index (κ1) is 13.4. The van der Waals surface area contributed by atoms with E-state index < -0.39 is 11.4 Å². The van der Waals surface area contributed by atoms with Crippen molar-refractivity contribution >= 4 is 28.5 Å². The topological polar surface area (TPSA) is 82.5 Å². The van der Waals surface area contributed by atoms with Gasteiger partial charge in [0.15, 0.2) is 5.13 Å². The zero-order valence-corrected chi connectivity index (χ0v) is 12.1. The Morgan fingerprint density at radius 3 is 2.90 bits per heavy atom. The molecule has 6 nitrogen and oxygen atoms in total. The van der Waals surface area contributed by atoms with Gasteiger partial charge in [0.05, 0.1) is 11.1 Å². The predicted octanol–water partition coefficient (Wildman–Crippen LogP) is 2.35. The smallest absolute Gasteiger partial charge is 0.323 e. The van der Waals surface area contributed by atoms with Crippen molar-refractivity contribution in [3.8, 4) is 0 Å². The highest BCUT2D eigenvalue weighted by molar-refractivity contribution is 7.13. The van der Waals surface area contributed by atoms with Crippen molar-refractivity contribution in [3.05, 3.63) is 11.1 Å². The minimum absolute atomic E-state index is 0.245. The van der Waals surface area contributed by atoms with Gasteiger partial charge in [0.1, 0.15) is 0 Å². The number of aromatic nitrogens is 1. The van der Waals surface area contributed by atoms with E-state index in [1.54, 1.807) is 11.8 Å². The molecule has 2 heterocycles. The van der Waals surface area contributed by atoms with Gasteiger partial charge in [-0.3, -0.25) is 10.1 Å². The van der Waals surface area contributed by atoms with E-state index >= 15 is 0 Å². The second-order valence-corrected chi connectivity index (χ2v) is 6.68. The molecule has 2 aliphatic rings. The number of amides is 2. The second kappa shape index (κ2) is 4.73. The van der Waals surface area contributed by atoms with E-state index in [0.29, 0.717) is 24.0 Å². The van der Waals surface area contributed by atoms with Gasteiger partial charge in [-0.05, 0) is 26.2 Å². The average molecular weight is 295 g/mol. The minimum Gasteiger partial charge on any atom is -0.481 e. The van der Waals surface area contributed by atoms with Crippen molar-refractivity contribution < 1.29 is 14.7 Å². The first-order valence-corrected chi connectivity index (χ1v) is 7.61. The number of anilines is 1. The van der Waals surface area contributed by atoms with E-state index in [1.165, 1.54) is 24.2 Å². The van der Waals surface area contributed by atoms with E-state index in [2.05, 4.69) is 10.3 Å². The summed E-state index contributed by atoms with van der Waals surface area (Å²) in [6.07, 6.45) is 2.85. The number of rotatable bonds is 3. The van der Waals surface area contributed by atoms with Crippen LogP contribution in [-0.2, 0) is 4.79 Å². The summed E-state index contributed by atoms with van der Waals surface area (Å²) in [6.45, 7) is 2.39. The van der Waals surface area contributed by atoms with Crippen LogP contribution in [0.2, 0.25) is 0 Å². The number of urea groups is 1. The Morgan fingerprint density at radius 1 is 1.55 bits per heavy atom. The van der Waals surface area contributed by atoms with Gasteiger partial charge in [0.25, 0.3) is 0 Å². The van der Waals surface area contributed by atoms with Crippen LogP contribution in [0.25, 0.3) is 0 Å². The van der Waals surface area contributed by atoms with E-state index in [4.69, 9.17) is 5.11 Å². The van der Waals surface area contributed by atoms with E-state index in [1.807, 2.05) is 5.38 Å². The highest BCUT2D eigenvalue weighted by atomic mass is 32.1. The number of hydrogen-bond acceptors (Lipinski definition) is 4. The van der Waals surface area contributed by atoms with Crippen molar-refractivity contribution in [2.45, 2.75) is 32.1 Å². The lowest BCUT2D eigenvalue weighted by molar-refractivity contribution is -0.146. The highest BCUT2D eigenvalue weighted by Crippen LogP contribution is 2.41. The summed E-state index contributed by atoms with van der Waals surface area (Å²) >= 11 is 1.43. The third kappa shape index (κ3) is 2.49. The normalized spacial score (nSPS) is 25.8. The van der Waals surface area contributed by atoms with Gasteiger partial charge in [-0.25, -0.2) is 9.78 Å². The molecule has 0 aromatic carbocycles. The van der Waals surface area contributed by atoms with Crippen LogP contribution in [0.4, 0.5) is 9.93 Å². The second-order valence-electron chi connectivity index (χ2n) is 5.82. The molecule has 2 fully saturated rings. The first-order chi connectivity index (χ1) is 9.48. The van der Waals surface area contributed by atoms with Crippen LogP contribution < -0.4 is 5.32 Å². The third-order valence-corrected chi connectivity index (χ3v) is 4.78. The highest BCUT2D eigenvalue weighted by Gasteiger charge is 2.42. The van der Waals surface area contributed by atoms with Gasteiger partial charge < -0.3 is 10.0 Å².